The Labute approximate surface area is 94.0 Å². The van der Waals surface area contributed by atoms with Crippen molar-refractivity contribution in [1.29, 1.82) is 0 Å². The molecule has 1 amide bonds. The third-order valence-corrected chi connectivity index (χ3v) is 2.54. The van der Waals surface area contributed by atoms with Gasteiger partial charge in [-0.25, -0.2) is 4.68 Å². The molecule has 1 aromatic rings. The lowest BCUT2D eigenvalue weighted by molar-refractivity contribution is -0.121. The zero-order valence-corrected chi connectivity index (χ0v) is 9.19. The Morgan fingerprint density at radius 2 is 2.38 bits per heavy atom. The molecule has 0 fully saturated rings. The number of ether oxygens (including phenoxy) is 1. The van der Waals surface area contributed by atoms with Gasteiger partial charge in [-0.15, -0.1) is 5.10 Å². The van der Waals surface area contributed by atoms with E-state index in [0.717, 1.165) is 25.1 Å². The number of nitrogens with zero attached hydrogens (tertiary/aromatic N) is 3. The Kier molecular flexibility index (Phi) is 3.87. The van der Waals surface area contributed by atoms with Gasteiger partial charge in [0.25, 0.3) is 0 Å². The maximum absolute atomic E-state index is 11.3. The standard InChI is InChI=1S/C10H16N4O2/c15-10-3-1-2-5-14-9(7-12-13-14)8-16-6-4-11-10/h7H,1-6,8H2,(H,11,15). The smallest absolute Gasteiger partial charge is 0.220 e. The molecule has 0 saturated heterocycles. The van der Waals surface area contributed by atoms with Crippen LogP contribution >= 0.6 is 0 Å². The molecule has 0 radical (unpaired) electrons. The first-order valence-electron chi connectivity index (χ1n) is 5.58. The van der Waals surface area contributed by atoms with Gasteiger partial charge in [0.2, 0.25) is 5.91 Å². The summed E-state index contributed by atoms with van der Waals surface area (Å²) in [6.45, 7) is 2.40. The van der Waals surface area contributed by atoms with Crippen molar-refractivity contribution in [2.45, 2.75) is 32.4 Å². The number of hydrogen-bond donors (Lipinski definition) is 1. The van der Waals surface area contributed by atoms with Crippen LogP contribution in [0.5, 0.6) is 0 Å². The molecule has 0 bridgehead atoms. The summed E-state index contributed by atoms with van der Waals surface area (Å²) >= 11 is 0. The number of aromatic nitrogens is 3. The monoisotopic (exact) mass is 224 g/mol. The largest absolute Gasteiger partial charge is 0.373 e. The highest BCUT2D eigenvalue weighted by atomic mass is 16.5. The number of carbonyl (C=O) groups excluding carboxylic acids is 1. The fraction of sp³-hybridized carbons (Fsp3) is 0.700. The first-order valence-corrected chi connectivity index (χ1v) is 5.58. The van der Waals surface area contributed by atoms with Crippen LogP contribution in [0.25, 0.3) is 0 Å². The highest BCUT2D eigenvalue weighted by Crippen LogP contribution is 2.04. The molecule has 2 heterocycles. The van der Waals surface area contributed by atoms with Crippen molar-refractivity contribution >= 4 is 5.91 Å². The normalized spacial score (nSPS) is 19.1. The lowest BCUT2D eigenvalue weighted by Crippen LogP contribution is -2.27. The number of nitrogens with one attached hydrogen (secondary N) is 1. The van der Waals surface area contributed by atoms with Gasteiger partial charge in [0.15, 0.2) is 0 Å². The van der Waals surface area contributed by atoms with Crippen LogP contribution in [0.3, 0.4) is 0 Å². The Balaban J connectivity index is 1.95. The summed E-state index contributed by atoms with van der Waals surface area (Å²) in [4.78, 5) is 11.3. The van der Waals surface area contributed by atoms with Crippen molar-refractivity contribution in [2.24, 2.45) is 0 Å². The molecule has 1 aliphatic heterocycles. The topological polar surface area (TPSA) is 69.0 Å². The van der Waals surface area contributed by atoms with Gasteiger partial charge in [-0.3, -0.25) is 4.79 Å². The zero-order chi connectivity index (χ0) is 11.2. The van der Waals surface area contributed by atoms with E-state index in [0.29, 0.717) is 26.2 Å². The molecule has 2 rings (SSSR count). The molecule has 6 heteroatoms. The zero-order valence-electron chi connectivity index (χ0n) is 9.19. The van der Waals surface area contributed by atoms with Gasteiger partial charge in [0, 0.05) is 19.5 Å². The summed E-state index contributed by atoms with van der Waals surface area (Å²) in [6.07, 6.45) is 4.12. The minimum absolute atomic E-state index is 0.1000. The van der Waals surface area contributed by atoms with E-state index in [-0.39, 0.29) is 5.91 Å². The second kappa shape index (κ2) is 5.60. The lowest BCUT2D eigenvalue weighted by atomic mass is 10.2. The van der Waals surface area contributed by atoms with Gasteiger partial charge in [0.1, 0.15) is 0 Å². The van der Waals surface area contributed by atoms with E-state index in [2.05, 4.69) is 15.6 Å². The summed E-state index contributed by atoms with van der Waals surface area (Å²) in [5, 5.41) is 10.7. The summed E-state index contributed by atoms with van der Waals surface area (Å²) in [5.41, 5.74) is 0.993. The van der Waals surface area contributed by atoms with Gasteiger partial charge in [0.05, 0.1) is 25.1 Å². The number of aryl methyl sites for hydroxylation is 1. The van der Waals surface area contributed by atoms with Crippen LogP contribution in [0, 0.1) is 0 Å². The Morgan fingerprint density at radius 1 is 1.44 bits per heavy atom. The van der Waals surface area contributed by atoms with Crippen molar-refractivity contribution in [1.82, 2.24) is 20.3 Å². The third kappa shape index (κ3) is 3.03. The average molecular weight is 224 g/mol. The molecule has 0 unspecified atom stereocenters. The first-order chi connectivity index (χ1) is 7.86. The van der Waals surface area contributed by atoms with Gasteiger partial charge in [-0.05, 0) is 12.8 Å². The molecule has 0 aliphatic carbocycles. The van der Waals surface area contributed by atoms with E-state index >= 15 is 0 Å². The quantitative estimate of drug-likeness (QED) is 0.678. The number of rotatable bonds is 0. The molecule has 0 spiro atoms. The van der Waals surface area contributed by atoms with Gasteiger partial charge >= 0.3 is 0 Å². The SMILES string of the molecule is O=C1CCCCn2nncc2COCCN1. The molecule has 0 atom stereocenters. The number of amides is 1. The van der Waals surface area contributed by atoms with Crippen molar-refractivity contribution < 1.29 is 9.53 Å². The summed E-state index contributed by atoms with van der Waals surface area (Å²) < 4.78 is 7.27. The van der Waals surface area contributed by atoms with Gasteiger partial charge < -0.3 is 10.1 Å². The van der Waals surface area contributed by atoms with Crippen LogP contribution in [0.4, 0.5) is 0 Å². The van der Waals surface area contributed by atoms with Crippen molar-refractivity contribution in [3.63, 3.8) is 0 Å². The summed E-state index contributed by atoms with van der Waals surface area (Å²) in [5.74, 6) is 0.1000. The van der Waals surface area contributed by atoms with Crippen molar-refractivity contribution in [3.05, 3.63) is 11.9 Å². The maximum Gasteiger partial charge on any atom is 0.220 e. The van der Waals surface area contributed by atoms with E-state index in [1.807, 2.05) is 4.68 Å². The number of carbonyl (C=O) groups is 1. The average Bonchev–Trinajstić information content (AvgIpc) is 2.70. The second-order valence-electron chi connectivity index (χ2n) is 3.81. The maximum atomic E-state index is 11.3. The molecule has 6 nitrogen and oxygen atoms in total. The molecule has 0 saturated carbocycles. The minimum atomic E-state index is 0.1000. The van der Waals surface area contributed by atoms with Gasteiger partial charge in [-0.2, -0.15) is 0 Å². The molecule has 1 N–H and O–H groups in total. The highest BCUT2D eigenvalue weighted by Gasteiger charge is 2.07. The number of hydrogen-bond acceptors (Lipinski definition) is 4. The molecule has 1 aromatic heterocycles. The van der Waals surface area contributed by atoms with Crippen molar-refractivity contribution in [3.8, 4) is 0 Å². The van der Waals surface area contributed by atoms with Crippen LogP contribution in [0.2, 0.25) is 0 Å². The molecule has 16 heavy (non-hydrogen) atoms. The van der Waals surface area contributed by atoms with E-state index in [1.165, 1.54) is 0 Å². The third-order valence-electron chi connectivity index (χ3n) is 2.54. The first kappa shape index (κ1) is 11.1. The Bertz CT molecular complexity index is 350. The lowest BCUT2D eigenvalue weighted by Gasteiger charge is -2.10. The Hall–Kier alpha value is -1.43. The molecular weight excluding hydrogens is 208 g/mol. The Morgan fingerprint density at radius 3 is 3.31 bits per heavy atom. The second-order valence-corrected chi connectivity index (χ2v) is 3.81. The molecular formula is C10H16N4O2. The van der Waals surface area contributed by atoms with E-state index in [9.17, 15) is 4.79 Å². The van der Waals surface area contributed by atoms with E-state index in [1.54, 1.807) is 6.20 Å². The fourth-order valence-corrected chi connectivity index (χ4v) is 1.65. The molecule has 0 aromatic carbocycles. The predicted molar refractivity (Wildman–Crippen MR) is 56.5 cm³/mol. The molecule has 88 valence electrons. The summed E-state index contributed by atoms with van der Waals surface area (Å²) in [6, 6.07) is 0. The van der Waals surface area contributed by atoms with Gasteiger partial charge in [-0.1, -0.05) is 5.21 Å². The van der Waals surface area contributed by atoms with Crippen LogP contribution in [0.15, 0.2) is 6.20 Å². The van der Waals surface area contributed by atoms with Crippen LogP contribution in [-0.4, -0.2) is 34.1 Å². The van der Waals surface area contributed by atoms with Crippen LogP contribution in [0.1, 0.15) is 25.0 Å². The fourth-order valence-electron chi connectivity index (χ4n) is 1.65. The predicted octanol–water partition coefficient (Wildman–Crippen LogP) is 0.0948. The van der Waals surface area contributed by atoms with Crippen LogP contribution in [-0.2, 0) is 22.7 Å². The number of fused-ring (bicyclic) bond motifs is 1. The summed E-state index contributed by atoms with van der Waals surface area (Å²) in [7, 11) is 0. The van der Waals surface area contributed by atoms with E-state index < -0.39 is 0 Å². The minimum Gasteiger partial charge on any atom is -0.373 e. The molecule has 1 aliphatic rings. The van der Waals surface area contributed by atoms with Crippen molar-refractivity contribution in [2.75, 3.05) is 13.2 Å². The highest BCUT2D eigenvalue weighted by molar-refractivity contribution is 5.75. The van der Waals surface area contributed by atoms with E-state index in [4.69, 9.17) is 4.74 Å². The van der Waals surface area contributed by atoms with Crippen LogP contribution < -0.4 is 5.32 Å².